The first-order chi connectivity index (χ1) is 11.6. The maximum atomic E-state index is 14.3. The van der Waals surface area contributed by atoms with Crippen LogP contribution in [0.3, 0.4) is 0 Å². The molecule has 4 aromatic rings. The highest BCUT2D eigenvalue weighted by atomic mass is 35.5. The van der Waals surface area contributed by atoms with Crippen molar-refractivity contribution in [3.8, 4) is 11.3 Å². The zero-order chi connectivity index (χ0) is 16.8. The van der Waals surface area contributed by atoms with Crippen LogP contribution in [0.4, 0.5) is 10.3 Å². The number of fused-ring (bicyclic) bond motifs is 3. The summed E-state index contributed by atoms with van der Waals surface area (Å²) >= 11 is 6.02. The molecular weight excluding hydrogens is 327 g/mol. The zero-order valence-electron chi connectivity index (χ0n) is 12.9. The van der Waals surface area contributed by atoms with E-state index in [1.165, 1.54) is 17.7 Å². The first-order valence-corrected chi connectivity index (χ1v) is 7.98. The van der Waals surface area contributed by atoms with Gasteiger partial charge in [-0.25, -0.2) is 14.4 Å². The molecule has 2 aromatic heterocycles. The first kappa shape index (κ1) is 14.9. The fourth-order valence-electron chi connectivity index (χ4n) is 2.92. The second kappa shape index (κ2) is 5.46. The van der Waals surface area contributed by atoms with Crippen LogP contribution in [0, 0.1) is 5.82 Å². The summed E-state index contributed by atoms with van der Waals surface area (Å²) < 4.78 is 14.3. The monoisotopic (exact) mass is 340 g/mol. The Morgan fingerprint density at radius 3 is 2.79 bits per heavy atom. The van der Waals surface area contributed by atoms with Gasteiger partial charge in [0, 0.05) is 21.5 Å². The molecule has 0 fully saturated rings. The van der Waals surface area contributed by atoms with Gasteiger partial charge in [0.25, 0.3) is 0 Å². The molecule has 0 radical (unpaired) electrons. The van der Waals surface area contributed by atoms with Crippen molar-refractivity contribution in [3.05, 3.63) is 52.8 Å². The number of nitrogens with two attached hydrogens (primary N) is 1. The molecule has 4 nitrogen and oxygen atoms in total. The van der Waals surface area contributed by atoms with Gasteiger partial charge in [-0.2, -0.15) is 0 Å². The summed E-state index contributed by atoms with van der Waals surface area (Å²) in [6, 6.07) is 10.5. The fraction of sp³-hybridized carbons (Fsp3) is 0.111. The molecule has 6 heteroatoms. The maximum absolute atomic E-state index is 14.3. The predicted molar refractivity (Wildman–Crippen MR) is 95.6 cm³/mol. The Hall–Kier alpha value is -2.66. The number of nitrogen functional groups attached to an aromatic ring is 1. The highest BCUT2D eigenvalue weighted by Crippen LogP contribution is 2.34. The van der Waals surface area contributed by atoms with Crippen molar-refractivity contribution < 1.29 is 4.39 Å². The van der Waals surface area contributed by atoms with Crippen LogP contribution in [0.2, 0.25) is 5.02 Å². The second-order valence-corrected chi connectivity index (χ2v) is 6.07. The van der Waals surface area contributed by atoms with Gasteiger partial charge in [0.15, 0.2) is 0 Å². The lowest BCUT2D eigenvalue weighted by Gasteiger charge is -2.06. The second-order valence-electron chi connectivity index (χ2n) is 5.64. The molecule has 2 heterocycles. The standard InChI is InChI=1S/C18H14ClFN4/c1-2-9-3-6-14-12(7-9)16-17(22-14)15(23-18(21)24-16)11-8-10(19)4-5-13(11)20/h3-8,22H,2H2,1H3,(H2,21,23,24). The van der Waals surface area contributed by atoms with Crippen molar-refractivity contribution in [2.75, 3.05) is 5.73 Å². The molecule has 3 N–H and O–H groups in total. The van der Waals surface area contributed by atoms with E-state index < -0.39 is 5.82 Å². The number of benzene rings is 2. The molecule has 0 saturated heterocycles. The Morgan fingerprint density at radius 1 is 1.17 bits per heavy atom. The number of halogens is 2. The van der Waals surface area contributed by atoms with E-state index in [1.54, 1.807) is 6.07 Å². The number of hydrogen-bond acceptors (Lipinski definition) is 3. The van der Waals surface area contributed by atoms with E-state index in [0.29, 0.717) is 27.3 Å². The molecular formula is C18H14ClFN4. The maximum Gasteiger partial charge on any atom is 0.221 e. The van der Waals surface area contributed by atoms with Crippen LogP contribution in [0.25, 0.3) is 33.2 Å². The SMILES string of the molecule is CCc1ccc2[nH]c3c(-c4cc(Cl)ccc4F)nc(N)nc3c2c1. The third kappa shape index (κ3) is 2.29. The van der Waals surface area contributed by atoms with Gasteiger partial charge < -0.3 is 10.7 Å². The highest BCUT2D eigenvalue weighted by molar-refractivity contribution is 6.31. The molecule has 0 atom stereocenters. The summed E-state index contributed by atoms with van der Waals surface area (Å²) in [5.41, 5.74) is 10.0. The van der Waals surface area contributed by atoms with E-state index >= 15 is 0 Å². The van der Waals surface area contributed by atoms with Gasteiger partial charge in [0.05, 0.1) is 5.52 Å². The highest BCUT2D eigenvalue weighted by Gasteiger charge is 2.17. The van der Waals surface area contributed by atoms with Crippen LogP contribution in [0.1, 0.15) is 12.5 Å². The van der Waals surface area contributed by atoms with E-state index in [9.17, 15) is 4.39 Å². The number of hydrogen-bond donors (Lipinski definition) is 2. The Bertz CT molecular complexity index is 1090. The van der Waals surface area contributed by atoms with Gasteiger partial charge in [-0.15, -0.1) is 0 Å². The first-order valence-electron chi connectivity index (χ1n) is 7.60. The van der Waals surface area contributed by atoms with Gasteiger partial charge in [0.1, 0.15) is 17.0 Å². The van der Waals surface area contributed by atoms with Crippen molar-refractivity contribution in [2.45, 2.75) is 13.3 Å². The lowest BCUT2D eigenvalue weighted by atomic mass is 10.1. The molecule has 0 amide bonds. The van der Waals surface area contributed by atoms with Crippen LogP contribution >= 0.6 is 11.6 Å². The summed E-state index contributed by atoms with van der Waals surface area (Å²) in [5, 5.41) is 1.38. The molecule has 0 unspecified atom stereocenters. The van der Waals surface area contributed by atoms with Crippen molar-refractivity contribution >= 4 is 39.5 Å². The van der Waals surface area contributed by atoms with E-state index in [1.807, 2.05) is 12.1 Å². The summed E-state index contributed by atoms with van der Waals surface area (Å²) in [4.78, 5) is 11.9. The van der Waals surface area contributed by atoms with Crippen molar-refractivity contribution in [3.63, 3.8) is 0 Å². The Labute approximate surface area is 142 Å². The van der Waals surface area contributed by atoms with Gasteiger partial charge in [0.2, 0.25) is 5.95 Å². The molecule has 4 rings (SSSR count). The summed E-state index contributed by atoms with van der Waals surface area (Å²) in [6.07, 6.45) is 0.916. The van der Waals surface area contributed by atoms with Crippen LogP contribution in [-0.4, -0.2) is 15.0 Å². The van der Waals surface area contributed by atoms with Crippen LogP contribution in [-0.2, 0) is 6.42 Å². The lowest BCUT2D eigenvalue weighted by molar-refractivity contribution is 0.631. The molecule has 0 saturated carbocycles. The molecule has 0 bridgehead atoms. The molecule has 120 valence electrons. The van der Waals surface area contributed by atoms with Crippen LogP contribution in [0.5, 0.6) is 0 Å². The van der Waals surface area contributed by atoms with Gasteiger partial charge >= 0.3 is 0 Å². The number of nitrogens with one attached hydrogen (secondary N) is 1. The largest absolute Gasteiger partial charge is 0.368 e. The van der Waals surface area contributed by atoms with Gasteiger partial charge in [-0.05, 0) is 42.3 Å². The Kier molecular flexibility index (Phi) is 3.39. The number of rotatable bonds is 2. The summed E-state index contributed by atoms with van der Waals surface area (Å²) in [6.45, 7) is 2.09. The molecule has 2 aromatic carbocycles. The van der Waals surface area contributed by atoms with Crippen LogP contribution in [0.15, 0.2) is 36.4 Å². The zero-order valence-corrected chi connectivity index (χ0v) is 13.7. The fourth-order valence-corrected chi connectivity index (χ4v) is 3.09. The van der Waals surface area contributed by atoms with E-state index in [-0.39, 0.29) is 5.95 Å². The number of aryl methyl sites for hydroxylation is 1. The van der Waals surface area contributed by atoms with Crippen molar-refractivity contribution in [2.24, 2.45) is 0 Å². The third-order valence-corrected chi connectivity index (χ3v) is 4.35. The minimum atomic E-state index is -0.410. The molecule has 24 heavy (non-hydrogen) atoms. The number of H-pyrrole nitrogens is 1. The molecule has 0 aliphatic carbocycles. The quantitative estimate of drug-likeness (QED) is 0.555. The number of anilines is 1. The number of nitrogens with zero attached hydrogens (tertiary/aromatic N) is 2. The van der Waals surface area contributed by atoms with Crippen molar-refractivity contribution in [1.82, 2.24) is 15.0 Å². The minimum absolute atomic E-state index is 0.0969. The molecule has 0 aliphatic rings. The number of aromatic nitrogens is 3. The van der Waals surface area contributed by atoms with Gasteiger partial charge in [-0.3, -0.25) is 0 Å². The van der Waals surface area contributed by atoms with Gasteiger partial charge in [-0.1, -0.05) is 24.6 Å². The normalized spacial score (nSPS) is 11.5. The van der Waals surface area contributed by atoms with E-state index in [0.717, 1.165) is 17.3 Å². The smallest absolute Gasteiger partial charge is 0.221 e. The topological polar surface area (TPSA) is 67.6 Å². The van der Waals surface area contributed by atoms with E-state index in [2.05, 4.69) is 27.9 Å². The summed E-state index contributed by atoms with van der Waals surface area (Å²) in [5.74, 6) is -0.314. The lowest BCUT2D eigenvalue weighted by Crippen LogP contribution is -1.98. The number of aromatic amines is 1. The van der Waals surface area contributed by atoms with Crippen molar-refractivity contribution in [1.29, 1.82) is 0 Å². The Morgan fingerprint density at radius 2 is 2.00 bits per heavy atom. The minimum Gasteiger partial charge on any atom is -0.368 e. The predicted octanol–water partition coefficient (Wildman–Crippen LogP) is 4.72. The van der Waals surface area contributed by atoms with Crippen LogP contribution < -0.4 is 5.73 Å². The summed E-state index contributed by atoms with van der Waals surface area (Å²) in [7, 11) is 0. The Balaban J connectivity index is 2.11. The average molecular weight is 341 g/mol. The third-order valence-electron chi connectivity index (χ3n) is 4.12. The average Bonchev–Trinajstić information content (AvgIpc) is 2.94. The van der Waals surface area contributed by atoms with E-state index in [4.69, 9.17) is 17.3 Å². The molecule has 0 aliphatic heterocycles. The molecule has 0 spiro atoms.